The lowest BCUT2D eigenvalue weighted by Crippen LogP contribution is -2.06. The van der Waals surface area contributed by atoms with Crippen LogP contribution in [0.3, 0.4) is 0 Å². The zero-order valence-electron chi connectivity index (χ0n) is 14.8. The molecule has 136 valence electrons. The Bertz CT molecular complexity index is 1030. The second-order valence-electron chi connectivity index (χ2n) is 5.95. The van der Waals surface area contributed by atoms with E-state index >= 15 is 0 Å². The molecule has 0 radical (unpaired) electrons. The second-order valence-corrected chi connectivity index (χ2v) is 5.95. The number of nitrogens with one attached hydrogen (secondary N) is 1. The summed E-state index contributed by atoms with van der Waals surface area (Å²) in [7, 11) is 0. The van der Waals surface area contributed by atoms with Crippen LogP contribution in [0.25, 0.3) is 0 Å². The van der Waals surface area contributed by atoms with Crippen molar-refractivity contribution in [3.63, 3.8) is 0 Å². The van der Waals surface area contributed by atoms with Gasteiger partial charge in [0.05, 0.1) is 18.4 Å². The summed E-state index contributed by atoms with van der Waals surface area (Å²) in [5.41, 5.74) is 9.35. The van der Waals surface area contributed by atoms with Gasteiger partial charge >= 0.3 is 0 Å². The van der Waals surface area contributed by atoms with Crippen molar-refractivity contribution in [3.8, 4) is 11.8 Å². The number of aliphatic hydroxyl groups excluding tert-OH is 1. The quantitative estimate of drug-likeness (QED) is 0.477. The molecule has 2 aromatic heterocycles. The predicted molar refractivity (Wildman–Crippen MR) is 103 cm³/mol. The number of benzene rings is 1. The van der Waals surface area contributed by atoms with E-state index in [9.17, 15) is 4.79 Å². The molecule has 4 N–H and O–H groups in total. The zero-order valence-corrected chi connectivity index (χ0v) is 14.8. The van der Waals surface area contributed by atoms with Crippen LogP contribution in [0.5, 0.6) is 0 Å². The number of rotatable bonds is 5. The Morgan fingerprint density at radius 3 is 2.89 bits per heavy atom. The third kappa shape index (κ3) is 4.54. The largest absolute Gasteiger partial charge is 0.467 e. The monoisotopic (exact) mass is 361 g/mol. The average Bonchev–Trinajstić information content (AvgIpc) is 3.10. The maximum Gasteiger partial charge on any atom is 0.189 e. The van der Waals surface area contributed by atoms with Crippen molar-refractivity contribution in [2.24, 2.45) is 0 Å². The Labute approximate surface area is 157 Å². The first kappa shape index (κ1) is 18.2. The third-order valence-corrected chi connectivity index (χ3v) is 4.01. The van der Waals surface area contributed by atoms with Gasteiger partial charge < -0.3 is 20.6 Å². The van der Waals surface area contributed by atoms with Gasteiger partial charge in [0.25, 0.3) is 0 Å². The molecule has 0 amide bonds. The molecule has 0 aliphatic carbocycles. The standard InChI is InChI=1S/C21H19N3O3/c1-14-7-8-27-20(14)12-23-18-4-2-3-15(9-18)5-6-16-10-17(19(26)13-25)11-24-21(16)22/h2-4,7-11,23,25H,12-13H2,1H3,(H2,22,24). The lowest BCUT2D eigenvalue weighted by molar-refractivity contribution is 0.0903. The highest BCUT2D eigenvalue weighted by Gasteiger charge is 2.07. The number of pyridine rings is 1. The minimum Gasteiger partial charge on any atom is -0.467 e. The number of aromatic nitrogens is 1. The Morgan fingerprint density at radius 1 is 1.30 bits per heavy atom. The molecule has 0 aliphatic heterocycles. The summed E-state index contributed by atoms with van der Waals surface area (Å²) in [6.07, 6.45) is 3.00. The van der Waals surface area contributed by atoms with Crippen LogP contribution >= 0.6 is 0 Å². The number of anilines is 2. The van der Waals surface area contributed by atoms with Crippen LogP contribution in [0, 0.1) is 18.8 Å². The number of carbonyl (C=O) groups is 1. The molecule has 0 saturated heterocycles. The molecular weight excluding hydrogens is 342 g/mol. The van der Waals surface area contributed by atoms with Gasteiger partial charge in [-0.2, -0.15) is 0 Å². The molecule has 0 aliphatic rings. The molecule has 0 unspecified atom stereocenters. The van der Waals surface area contributed by atoms with Crippen LogP contribution in [0.4, 0.5) is 11.5 Å². The molecule has 3 aromatic rings. The van der Waals surface area contributed by atoms with Gasteiger partial charge in [-0.05, 0) is 42.8 Å². The van der Waals surface area contributed by atoms with Crippen molar-refractivity contribution in [3.05, 3.63) is 76.9 Å². The molecule has 0 fully saturated rings. The van der Waals surface area contributed by atoms with E-state index in [0.717, 1.165) is 22.6 Å². The summed E-state index contributed by atoms with van der Waals surface area (Å²) in [5, 5.41) is 12.3. The first-order chi connectivity index (χ1) is 13.1. The van der Waals surface area contributed by atoms with Crippen molar-refractivity contribution < 1.29 is 14.3 Å². The van der Waals surface area contributed by atoms with Gasteiger partial charge in [-0.15, -0.1) is 0 Å². The van der Waals surface area contributed by atoms with E-state index in [-0.39, 0.29) is 11.4 Å². The zero-order chi connectivity index (χ0) is 19.2. The van der Waals surface area contributed by atoms with E-state index in [4.69, 9.17) is 15.3 Å². The van der Waals surface area contributed by atoms with Crippen molar-refractivity contribution in [1.29, 1.82) is 0 Å². The molecule has 0 atom stereocenters. The molecule has 0 saturated carbocycles. The fourth-order valence-electron chi connectivity index (χ4n) is 2.43. The Morgan fingerprint density at radius 2 is 2.15 bits per heavy atom. The number of Topliss-reactive ketones (excluding diaryl/α,β-unsaturated/α-hetero) is 1. The normalized spacial score (nSPS) is 10.1. The molecule has 2 heterocycles. The Balaban J connectivity index is 1.77. The van der Waals surface area contributed by atoms with Crippen LogP contribution in [0.15, 0.2) is 53.3 Å². The first-order valence-electron chi connectivity index (χ1n) is 8.35. The van der Waals surface area contributed by atoms with Crippen molar-refractivity contribution >= 4 is 17.3 Å². The highest BCUT2D eigenvalue weighted by Crippen LogP contribution is 2.15. The minimum atomic E-state index is -0.582. The first-order valence-corrected chi connectivity index (χ1v) is 8.35. The van der Waals surface area contributed by atoms with Gasteiger partial charge in [0, 0.05) is 23.0 Å². The van der Waals surface area contributed by atoms with Crippen LogP contribution in [0.2, 0.25) is 0 Å². The number of aryl methyl sites for hydroxylation is 1. The van der Waals surface area contributed by atoms with Gasteiger partial charge in [0.2, 0.25) is 0 Å². The third-order valence-electron chi connectivity index (χ3n) is 4.01. The maximum atomic E-state index is 11.6. The van der Waals surface area contributed by atoms with Crippen molar-refractivity contribution in [2.45, 2.75) is 13.5 Å². The lowest BCUT2D eigenvalue weighted by atomic mass is 10.1. The van der Waals surface area contributed by atoms with Gasteiger partial charge in [0.15, 0.2) is 5.78 Å². The number of nitrogens with zero attached hydrogens (tertiary/aromatic N) is 1. The van der Waals surface area contributed by atoms with E-state index in [1.165, 1.54) is 12.3 Å². The molecule has 6 heteroatoms. The number of nitrogens with two attached hydrogens (primary N) is 1. The summed E-state index contributed by atoms with van der Waals surface area (Å²) >= 11 is 0. The predicted octanol–water partition coefficient (Wildman–Crippen LogP) is 2.75. The minimum absolute atomic E-state index is 0.236. The number of furan rings is 1. The maximum absolute atomic E-state index is 11.6. The fourth-order valence-corrected chi connectivity index (χ4v) is 2.43. The molecule has 27 heavy (non-hydrogen) atoms. The smallest absolute Gasteiger partial charge is 0.189 e. The summed E-state index contributed by atoms with van der Waals surface area (Å²) in [6.45, 7) is 2.00. The van der Waals surface area contributed by atoms with Crippen LogP contribution in [-0.2, 0) is 6.54 Å². The summed E-state index contributed by atoms with van der Waals surface area (Å²) in [4.78, 5) is 15.6. The summed E-state index contributed by atoms with van der Waals surface area (Å²) < 4.78 is 5.42. The number of hydrogen-bond donors (Lipinski definition) is 3. The van der Waals surface area contributed by atoms with Gasteiger partial charge in [0.1, 0.15) is 18.2 Å². The number of ketones is 1. The molecule has 1 aromatic carbocycles. The van der Waals surface area contributed by atoms with Gasteiger partial charge in [-0.1, -0.05) is 17.9 Å². The Hall–Kier alpha value is -3.56. The van der Waals surface area contributed by atoms with Gasteiger partial charge in [-0.3, -0.25) is 4.79 Å². The highest BCUT2D eigenvalue weighted by atomic mass is 16.3. The second kappa shape index (κ2) is 8.21. The average molecular weight is 361 g/mol. The van der Waals surface area contributed by atoms with Crippen LogP contribution in [-0.4, -0.2) is 22.5 Å². The molecule has 0 spiro atoms. The summed E-state index contributed by atoms with van der Waals surface area (Å²) in [5.74, 6) is 6.66. The van der Waals surface area contributed by atoms with E-state index in [0.29, 0.717) is 12.1 Å². The topological polar surface area (TPSA) is 101 Å². The molecule has 3 rings (SSSR count). The van der Waals surface area contributed by atoms with E-state index in [1.807, 2.05) is 37.3 Å². The lowest BCUT2D eigenvalue weighted by Gasteiger charge is -2.05. The van der Waals surface area contributed by atoms with Crippen LogP contribution in [0.1, 0.15) is 32.8 Å². The van der Waals surface area contributed by atoms with E-state index in [1.54, 1.807) is 6.26 Å². The molecular formula is C21H19N3O3. The van der Waals surface area contributed by atoms with Gasteiger partial charge in [-0.25, -0.2) is 4.98 Å². The molecule has 0 bridgehead atoms. The molecule has 6 nitrogen and oxygen atoms in total. The van der Waals surface area contributed by atoms with E-state index in [2.05, 4.69) is 22.1 Å². The Kier molecular flexibility index (Phi) is 5.55. The fraction of sp³-hybridized carbons (Fsp3) is 0.143. The van der Waals surface area contributed by atoms with Crippen molar-refractivity contribution in [2.75, 3.05) is 17.7 Å². The number of carbonyl (C=O) groups excluding carboxylic acids is 1. The summed E-state index contributed by atoms with van der Waals surface area (Å²) in [6, 6.07) is 11.1. The number of aliphatic hydroxyl groups is 1. The number of hydrogen-bond acceptors (Lipinski definition) is 6. The van der Waals surface area contributed by atoms with E-state index < -0.39 is 12.4 Å². The van der Waals surface area contributed by atoms with Crippen molar-refractivity contribution in [1.82, 2.24) is 4.98 Å². The number of nitrogen functional groups attached to an aromatic ring is 1. The van der Waals surface area contributed by atoms with Crippen LogP contribution < -0.4 is 11.1 Å². The highest BCUT2D eigenvalue weighted by molar-refractivity contribution is 5.97. The SMILES string of the molecule is Cc1ccoc1CNc1cccc(C#Cc2cc(C(=O)CO)cnc2N)c1.